The summed E-state index contributed by atoms with van der Waals surface area (Å²) in [4.78, 5) is 0. The maximum Gasteiger partial charge on any atom is 0.124 e. The summed E-state index contributed by atoms with van der Waals surface area (Å²) in [6.45, 7) is 5.40. The molecule has 1 unspecified atom stereocenters. The van der Waals surface area contributed by atoms with Crippen molar-refractivity contribution in [2.45, 2.75) is 19.9 Å². The molecule has 0 saturated carbocycles. The van der Waals surface area contributed by atoms with Crippen molar-refractivity contribution in [1.82, 2.24) is 5.32 Å². The third kappa shape index (κ3) is 3.36. The van der Waals surface area contributed by atoms with Crippen molar-refractivity contribution in [3.8, 4) is 5.75 Å². The summed E-state index contributed by atoms with van der Waals surface area (Å²) >= 11 is 0. The van der Waals surface area contributed by atoms with Crippen molar-refractivity contribution in [3.05, 3.63) is 65.5 Å². The Labute approximate surface area is 119 Å². The monoisotopic (exact) mass is 273 g/mol. The van der Waals surface area contributed by atoms with Gasteiger partial charge in [-0.1, -0.05) is 37.3 Å². The van der Waals surface area contributed by atoms with Crippen LogP contribution in [0.2, 0.25) is 0 Å². The van der Waals surface area contributed by atoms with Crippen LogP contribution in [-0.2, 0) is 0 Å². The summed E-state index contributed by atoms with van der Waals surface area (Å²) in [5, 5.41) is 3.39. The van der Waals surface area contributed by atoms with Crippen LogP contribution in [0.1, 0.15) is 31.0 Å². The van der Waals surface area contributed by atoms with Crippen LogP contribution in [0.5, 0.6) is 5.75 Å². The summed E-state index contributed by atoms with van der Waals surface area (Å²) in [7, 11) is 0. The van der Waals surface area contributed by atoms with E-state index in [0.717, 1.165) is 23.4 Å². The first kappa shape index (κ1) is 14.5. The molecule has 0 aromatic heterocycles. The highest BCUT2D eigenvalue weighted by Gasteiger charge is 2.17. The molecule has 0 heterocycles. The van der Waals surface area contributed by atoms with Gasteiger partial charge in [0.2, 0.25) is 0 Å². The lowest BCUT2D eigenvalue weighted by Crippen LogP contribution is -2.22. The molecule has 0 amide bonds. The summed E-state index contributed by atoms with van der Waals surface area (Å²) in [5.74, 6) is 0.615. The van der Waals surface area contributed by atoms with E-state index in [1.807, 2.05) is 44.2 Å². The van der Waals surface area contributed by atoms with Crippen LogP contribution >= 0.6 is 0 Å². The van der Waals surface area contributed by atoms with Crippen molar-refractivity contribution < 1.29 is 9.13 Å². The molecule has 2 aromatic carbocycles. The van der Waals surface area contributed by atoms with Crippen LogP contribution in [0.4, 0.5) is 4.39 Å². The summed E-state index contributed by atoms with van der Waals surface area (Å²) in [6.07, 6.45) is 0. The molecular formula is C17H20FNO. The van der Waals surface area contributed by atoms with Gasteiger partial charge < -0.3 is 10.1 Å². The second-order valence-electron chi connectivity index (χ2n) is 4.52. The van der Waals surface area contributed by atoms with Gasteiger partial charge in [0.1, 0.15) is 11.6 Å². The molecule has 1 atom stereocenters. The average molecular weight is 273 g/mol. The number of para-hydroxylation sites is 1. The molecule has 2 aromatic rings. The Morgan fingerprint density at radius 2 is 1.90 bits per heavy atom. The third-order valence-corrected chi connectivity index (χ3v) is 3.12. The first-order valence-corrected chi connectivity index (χ1v) is 6.96. The fourth-order valence-corrected chi connectivity index (χ4v) is 2.30. The highest BCUT2D eigenvalue weighted by molar-refractivity contribution is 5.41. The van der Waals surface area contributed by atoms with Crippen LogP contribution < -0.4 is 10.1 Å². The van der Waals surface area contributed by atoms with Gasteiger partial charge >= 0.3 is 0 Å². The largest absolute Gasteiger partial charge is 0.494 e. The lowest BCUT2D eigenvalue weighted by molar-refractivity contribution is 0.333. The molecule has 0 bridgehead atoms. The van der Waals surface area contributed by atoms with Crippen LogP contribution in [0.3, 0.4) is 0 Å². The SMILES string of the molecule is CCNC(c1cccc(F)c1)c1ccccc1OCC. The standard InChI is InChI=1S/C17H20FNO/c1-3-19-17(13-8-7-9-14(18)12-13)15-10-5-6-11-16(15)20-4-2/h5-12,17,19H,3-4H2,1-2H3. The Morgan fingerprint density at radius 3 is 2.60 bits per heavy atom. The third-order valence-electron chi connectivity index (χ3n) is 3.12. The Kier molecular flexibility index (Phi) is 5.13. The van der Waals surface area contributed by atoms with Crippen LogP contribution in [-0.4, -0.2) is 13.2 Å². The molecule has 0 aliphatic carbocycles. The zero-order valence-corrected chi connectivity index (χ0v) is 11.9. The van der Waals surface area contributed by atoms with E-state index in [1.54, 1.807) is 12.1 Å². The molecular weight excluding hydrogens is 253 g/mol. The molecule has 2 nitrogen and oxygen atoms in total. The fraction of sp³-hybridized carbons (Fsp3) is 0.294. The van der Waals surface area contributed by atoms with E-state index >= 15 is 0 Å². The second kappa shape index (κ2) is 7.06. The van der Waals surface area contributed by atoms with Gasteiger partial charge in [-0.3, -0.25) is 0 Å². The van der Waals surface area contributed by atoms with Gasteiger partial charge in [-0.05, 0) is 37.2 Å². The Balaban J connectivity index is 2.43. The number of ether oxygens (including phenoxy) is 1. The van der Waals surface area contributed by atoms with Gasteiger partial charge in [0.05, 0.1) is 12.6 Å². The number of halogens is 1. The Hall–Kier alpha value is -1.87. The molecule has 2 rings (SSSR count). The maximum absolute atomic E-state index is 13.5. The number of benzene rings is 2. The van der Waals surface area contributed by atoms with E-state index in [-0.39, 0.29) is 11.9 Å². The molecule has 106 valence electrons. The van der Waals surface area contributed by atoms with E-state index in [2.05, 4.69) is 5.32 Å². The second-order valence-corrected chi connectivity index (χ2v) is 4.52. The van der Waals surface area contributed by atoms with Crippen LogP contribution in [0.25, 0.3) is 0 Å². The predicted octanol–water partition coefficient (Wildman–Crippen LogP) is 3.92. The smallest absolute Gasteiger partial charge is 0.124 e. The van der Waals surface area contributed by atoms with E-state index < -0.39 is 0 Å². The average Bonchev–Trinajstić information content (AvgIpc) is 2.46. The van der Waals surface area contributed by atoms with E-state index in [1.165, 1.54) is 6.07 Å². The van der Waals surface area contributed by atoms with Crippen molar-refractivity contribution in [2.75, 3.05) is 13.2 Å². The first-order chi connectivity index (χ1) is 9.76. The Morgan fingerprint density at radius 1 is 1.10 bits per heavy atom. The summed E-state index contributed by atoms with van der Waals surface area (Å²) in [6, 6.07) is 14.5. The van der Waals surface area contributed by atoms with Gasteiger partial charge in [0, 0.05) is 5.56 Å². The first-order valence-electron chi connectivity index (χ1n) is 6.96. The highest BCUT2D eigenvalue weighted by Crippen LogP contribution is 2.30. The minimum Gasteiger partial charge on any atom is -0.494 e. The Bertz CT molecular complexity index is 556. The van der Waals surface area contributed by atoms with Gasteiger partial charge in [-0.2, -0.15) is 0 Å². The zero-order valence-electron chi connectivity index (χ0n) is 11.9. The molecule has 1 N–H and O–H groups in total. The molecule has 0 spiro atoms. The quantitative estimate of drug-likeness (QED) is 0.861. The van der Waals surface area contributed by atoms with Crippen molar-refractivity contribution in [2.24, 2.45) is 0 Å². The maximum atomic E-state index is 13.5. The van der Waals surface area contributed by atoms with Gasteiger partial charge in [-0.15, -0.1) is 0 Å². The number of nitrogens with one attached hydrogen (secondary N) is 1. The number of hydrogen-bond donors (Lipinski definition) is 1. The fourth-order valence-electron chi connectivity index (χ4n) is 2.30. The minimum absolute atomic E-state index is 0.0709. The van der Waals surface area contributed by atoms with Crippen molar-refractivity contribution in [3.63, 3.8) is 0 Å². The van der Waals surface area contributed by atoms with Gasteiger partial charge in [-0.25, -0.2) is 4.39 Å². The van der Waals surface area contributed by atoms with Crippen molar-refractivity contribution >= 4 is 0 Å². The summed E-state index contributed by atoms with van der Waals surface area (Å²) < 4.78 is 19.2. The molecule has 3 heteroatoms. The van der Waals surface area contributed by atoms with E-state index in [0.29, 0.717) is 6.61 Å². The van der Waals surface area contributed by atoms with Gasteiger partial charge in [0.15, 0.2) is 0 Å². The van der Waals surface area contributed by atoms with Crippen molar-refractivity contribution in [1.29, 1.82) is 0 Å². The molecule has 0 aliphatic heterocycles. The molecule has 0 saturated heterocycles. The summed E-state index contributed by atoms with van der Waals surface area (Å²) in [5.41, 5.74) is 1.93. The normalized spacial score (nSPS) is 12.2. The van der Waals surface area contributed by atoms with E-state index in [4.69, 9.17) is 4.74 Å². The highest BCUT2D eigenvalue weighted by atomic mass is 19.1. The lowest BCUT2D eigenvalue weighted by Gasteiger charge is -2.21. The molecule has 0 fully saturated rings. The number of hydrogen-bond acceptors (Lipinski definition) is 2. The van der Waals surface area contributed by atoms with Gasteiger partial charge in [0.25, 0.3) is 0 Å². The molecule has 0 aliphatic rings. The van der Waals surface area contributed by atoms with Crippen LogP contribution in [0, 0.1) is 5.82 Å². The number of rotatable bonds is 6. The molecule has 20 heavy (non-hydrogen) atoms. The van der Waals surface area contributed by atoms with Crippen LogP contribution in [0.15, 0.2) is 48.5 Å². The lowest BCUT2D eigenvalue weighted by atomic mass is 9.97. The zero-order chi connectivity index (χ0) is 14.4. The van der Waals surface area contributed by atoms with E-state index in [9.17, 15) is 4.39 Å². The minimum atomic E-state index is -0.223. The molecule has 0 radical (unpaired) electrons. The predicted molar refractivity (Wildman–Crippen MR) is 79.5 cm³/mol. The topological polar surface area (TPSA) is 21.3 Å².